The average molecular weight is 230 g/mol. The second kappa shape index (κ2) is 4.21. The Labute approximate surface area is 97.2 Å². The number of amidine groups is 1. The predicted molar refractivity (Wildman–Crippen MR) is 65.4 cm³/mol. The van der Waals surface area contributed by atoms with Crippen LogP contribution in [0.15, 0.2) is 23.6 Å². The number of nitrogens with one attached hydrogen (secondary N) is 1. The molecular formula is C11H10N4S. The van der Waals surface area contributed by atoms with Crippen LogP contribution in [0, 0.1) is 17.8 Å². The van der Waals surface area contributed by atoms with Gasteiger partial charge in [-0.3, -0.25) is 5.41 Å². The zero-order valence-electron chi connectivity index (χ0n) is 8.47. The van der Waals surface area contributed by atoms with Gasteiger partial charge < -0.3 is 5.73 Å². The molecule has 2 aromatic heterocycles. The van der Waals surface area contributed by atoms with E-state index in [1.165, 1.54) is 0 Å². The Morgan fingerprint density at radius 3 is 3.06 bits per heavy atom. The molecule has 0 aromatic carbocycles. The molecule has 2 rings (SSSR count). The smallest absolute Gasteiger partial charge is 0.141 e. The van der Waals surface area contributed by atoms with Gasteiger partial charge >= 0.3 is 0 Å². The molecule has 0 unspecified atom stereocenters. The van der Waals surface area contributed by atoms with Crippen LogP contribution < -0.4 is 5.73 Å². The summed E-state index contributed by atoms with van der Waals surface area (Å²) >= 11 is 1.59. The fourth-order valence-corrected chi connectivity index (χ4v) is 2.07. The van der Waals surface area contributed by atoms with Crippen LogP contribution in [-0.2, 0) is 6.54 Å². The normalized spacial score (nSPS) is 9.94. The number of thiophene rings is 1. The van der Waals surface area contributed by atoms with Crippen molar-refractivity contribution in [2.75, 3.05) is 0 Å². The van der Waals surface area contributed by atoms with E-state index in [4.69, 9.17) is 17.6 Å². The molecule has 0 aliphatic carbocycles. The summed E-state index contributed by atoms with van der Waals surface area (Å²) in [6.45, 7) is 0.320. The summed E-state index contributed by atoms with van der Waals surface area (Å²) in [4.78, 5) is 1.04. The number of aromatic nitrogens is 2. The number of terminal acetylenes is 1. The lowest BCUT2D eigenvalue weighted by Crippen LogP contribution is -2.17. The van der Waals surface area contributed by atoms with Crippen LogP contribution in [0.4, 0.5) is 0 Å². The fraction of sp³-hybridized carbons (Fsp3) is 0.0909. The highest BCUT2D eigenvalue weighted by atomic mass is 32.1. The van der Waals surface area contributed by atoms with Crippen LogP contribution in [0.5, 0.6) is 0 Å². The van der Waals surface area contributed by atoms with Gasteiger partial charge in [-0.2, -0.15) is 5.10 Å². The summed E-state index contributed by atoms with van der Waals surface area (Å²) in [5.41, 5.74) is 6.83. The molecule has 16 heavy (non-hydrogen) atoms. The van der Waals surface area contributed by atoms with Crippen LogP contribution in [0.3, 0.4) is 0 Å². The monoisotopic (exact) mass is 230 g/mol. The van der Waals surface area contributed by atoms with Crippen molar-refractivity contribution in [1.82, 2.24) is 9.78 Å². The summed E-state index contributed by atoms with van der Waals surface area (Å²) in [5, 5.41) is 13.7. The molecule has 0 aliphatic rings. The van der Waals surface area contributed by atoms with Crippen molar-refractivity contribution in [2.24, 2.45) is 5.73 Å². The number of nitrogen functional groups attached to an aromatic ring is 1. The number of nitrogens with two attached hydrogens (primary N) is 1. The standard InChI is InChI=1S/C11H10N4S/c1-2-5-15-9(11(12)13)7-8(14-15)10-4-3-6-16-10/h1,3-4,6-7H,5H2,(H3,12,13). The molecule has 80 valence electrons. The number of rotatable bonds is 3. The molecule has 0 bridgehead atoms. The van der Waals surface area contributed by atoms with Crippen LogP contribution in [0.1, 0.15) is 5.69 Å². The van der Waals surface area contributed by atoms with Crippen molar-refractivity contribution in [3.05, 3.63) is 29.3 Å². The average Bonchev–Trinajstić information content (AvgIpc) is 2.83. The SMILES string of the molecule is C#CCn1nc(-c2cccs2)cc1C(=N)N. The van der Waals surface area contributed by atoms with Crippen molar-refractivity contribution in [3.63, 3.8) is 0 Å². The Morgan fingerprint density at radius 2 is 2.50 bits per heavy atom. The largest absolute Gasteiger partial charge is 0.382 e. The van der Waals surface area contributed by atoms with Gasteiger partial charge in [0.05, 0.1) is 4.88 Å². The minimum atomic E-state index is -0.0226. The van der Waals surface area contributed by atoms with Crippen LogP contribution >= 0.6 is 11.3 Å². The third-order valence-corrected chi connectivity index (χ3v) is 2.96. The highest BCUT2D eigenvalue weighted by molar-refractivity contribution is 7.13. The molecule has 2 aromatic rings. The third kappa shape index (κ3) is 1.83. The molecule has 4 nitrogen and oxygen atoms in total. The van der Waals surface area contributed by atoms with Crippen molar-refractivity contribution in [2.45, 2.75) is 6.54 Å². The van der Waals surface area contributed by atoms with E-state index in [1.807, 2.05) is 17.5 Å². The summed E-state index contributed by atoms with van der Waals surface area (Å²) in [6, 6.07) is 5.70. The first kappa shape index (κ1) is 10.5. The minimum Gasteiger partial charge on any atom is -0.382 e. The molecule has 0 fully saturated rings. The Bertz CT molecular complexity index is 545. The molecule has 0 spiro atoms. The number of hydrogen-bond acceptors (Lipinski definition) is 3. The van der Waals surface area contributed by atoms with Gasteiger partial charge in [0.15, 0.2) is 0 Å². The molecule has 0 amide bonds. The Morgan fingerprint density at radius 1 is 1.69 bits per heavy atom. The zero-order chi connectivity index (χ0) is 11.5. The maximum atomic E-state index is 7.45. The molecule has 0 saturated carbocycles. The molecular weight excluding hydrogens is 220 g/mol. The lowest BCUT2D eigenvalue weighted by molar-refractivity contribution is 0.710. The van der Waals surface area contributed by atoms with Crippen LogP contribution in [0.25, 0.3) is 10.6 Å². The van der Waals surface area contributed by atoms with Crippen molar-refractivity contribution in [1.29, 1.82) is 5.41 Å². The van der Waals surface area contributed by atoms with Crippen LogP contribution in [-0.4, -0.2) is 15.6 Å². The van der Waals surface area contributed by atoms with Gasteiger partial charge in [0.1, 0.15) is 23.8 Å². The van der Waals surface area contributed by atoms with Gasteiger partial charge in [-0.05, 0) is 17.5 Å². The second-order valence-electron chi connectivity index (χ2n) is 3.17. The molecule has 0 aliphatic heterocycles. The zero-order valence-corrected chi connectivity index (χ0v) is 9.29. The summed E-state index contributed by atoms with van der Waals surface area (Å²) in [7, 11) is 0. The Kier molecular flexibility index (Phi) is 2.75. The molecule has 3 N–H and O–H groups in total. The summed E-state index contributed by atoms with van der Waals surface area (Å²) < 4.78 is 1.57. The highest BCUT2D eigenvalue weighted by Gasteiger charge is 2.11. The van der Waals surface area contributed by atoms with Crippen molar-refractivity contribution in [3.8, 4) is 22.9 Å². The van der Waals surface area contributed by atoms with E-state index in [0.29, 0.717) is 12.2 Å². The summed E-state index contributed by atoms with van der Waals surface area (Å²) in [6.07, 6.45) is 5.24. The lowest BCUT2D eigenvalue weighted by atomic mass is 10.3. The Hall–Kier alpha value is -2.06. The van der Waals surface area contributed by atoms with E-state index in [1.54, 1.807) is 22.1 Å². The predicted octanol–water partition coefficient (Wildman–Crippen LogP) is 1.53. The highest BCUT2D eigenvalue weighted by Crippen LogP contribution is 2.23. The van der Waals surface area contributed by atoms with E-state index < -0.39 is 0 Å². The molecule has 5 heteroatoms. The molecule has 0 radical (unpaired) electrons. The first-order valence-corrected chi connectivity index (χ1v) is 5.50. The van der Waals surface area contributed by atoms with Crippen molar-refractivity contribution >= 4 is 17.2 Å². The third-order valence-electron chi connectivity index (χ3n) is 2.07. The van der Waals surface area contributed by atoms with E-state index in [9.17, 15) is 0 Å². The van der Waals surface area contributed by atoms with Gasteiger partial charge in [0.2, 0.25) is 0 Å². The fourth-order valence-electron chi connectivity index (χ4n) is 1.39. The van der Waals surface area contributed by atoms with E-state index in [-0.39, 0.29) is 5.84 Å². The van der Waals surface area contributed by atoms with Gasteiger partial charge in [0.25, 0.3) is 0 Å². The van der Waals surface area contributed by atoms with Gasteiger partial charge in [-0.25, -0.2) is 4.68 Å². The van der Waals surface area contributed by atoms with Crippen LogP contribution in [0.2, 0.25) is 0 Å². The first-order chi connectivity index (χ1) is 7.72. The summed E-state index contributed by atoms with van der Waals surface area (Å²) in [5.74, 6) is 2.47. The molecule has 0 saturated heterocycles. The van der Waals surface area contributed by atoms with Gasteiger partial charge in [-0.15, -0.1) is 17.8 Å². The van der Waals surface area contributed by atoms with Gasteiger partial charge in [-0.1, -0.05) is 12.0 Å². The second-order valence-corrected chi connectivity index (χ2v) is 4.12. The first-order valence-electron chi connectivity index (χ1n) is 4.62. The topological polar surface area (TPSA) is 67.7 Å². The van der Waals surface area contributed by atoms with E-state index >= 15 is 0 Å². The van der Waals surface area contributed by atoms with Gasteiger partial charge in [0, 0.05) is 0 Å². The minimum absolute atomic E-state index is 0.0226. The molecule has 0 atom stereocenters. The lowest BCUT2D eigenvalue weighted by Gasteiger charge is -1.99. The van der Waals surface area contributed by atoms with Crippen molar-refractivity contribution < 1.29 is 0 Å². The maximum absolute atomic E-state index is 7.45. The Balaban J connectivity index is 2.47. The maximum Gasteiger partial charge on any atom is 0.141 e. The van der Waals surface area contributed by atoms with E-state index in [0.717, 1.165) is 10.6 Å². The van der Waals surface area contributed by atoms with E-state index in [2.05, 4.69) is 11.0 Å². The number of nitrogens with zero attached hydrogens (tertiary/aromatic N) is 2. The quantitative estimate of drug-likeness (QED) is 0.477. The molecule has 2 heterocycles. The number of hydrogen-bond donors (Lipinski definition) is 2.